The van der Waals surface area contributed by atoms with Crippen LogP contribution in [0.5, 0.6) is 0 Å². The number of hydrogen-bond acceptors (Lipinski definition) is 3. The standard InChI is InChI=1S/C13H16N2O3/c1-14(2)12(16)8-15-10-6-4-3-5-9(10)7-11(15)13(17)18/h3-6,11H,7-8H2,1-2H3,(H,17,18). The number of anilines is 1. The number of para-hydroxylation sites is 1. The summed E-state index contributed by atoms with van der Waals surface area (Å²) in [5.41, 5.74) is 1.83. The summed E-state index contributed by atoms with van der Waals surface area (Å²) in [7, 11) is 3.33. The van der Waals surface area contributed by atoms with Crippen LogP contribution in [0.1, 0.15) is 5.56 Å². The van der Waals surface area contributed by atoms with E-state index in [-0.39, 0.29) is 12.5 Å². The Labute approximate surface area is 106 Å². The van der Waals surface area contributed by atoms with Gasteiger partial charge in [-0.1, -0.05) is 18.2 Å². The maximum absolute atomic E-state index is 11.8. The molecular formula is C13H16N2O3. The Morgan fingerprint density at radius 3 is 2.67 bits per heavy atom. The van der Waals surface area contributed by atoms with Crippen LogP contribution in [-0.2, 0) is 16.0 Å². The van der Waals surface area contributed by atoms with Crippen molar-refractivity contribution in [1.82, 2.24) is 4.90 Å². The lowest BCUT2D eigenvalue weighted by Crippen LogP contribution is -2.44. The first kappa shape index (κ1) is 12.4. The summed E-state index contributed by atoms with van der Waals surface area (Å²) in [4.78, 5) is 26.2. The molecule has 1 heterocycles. The van der Waals surface area contributed by atoms with Crippen molar-refractivity contribution in [1.29, 1.82) is 0 Å². The average Bonchev–Trinajstić information content (AvgIpc) is 2.68. The number of benzene rings is 1. The second-order valence-electron chi connectivity index (χ2n) is 4.60. The van der Waals surface area contributed by atoms with Crippen molar-refractivity contribution < 1.29 is 14.7 Å². The van der Waals surface area contributed by atoms with Gasteiger partial charge in [0.1, 0.15) is 6.04 Å². The van der Waals surface area contributed by atoms with E-state index in [9.17, 15) is 14.7 Å². The van der Waals surface area contributed by atoms with Crippen LogP contribution in [0.4, 0.5) is 5.69 Å². The number of aliphatic carboxylic acids is 1. The Morgan fingerprint density at radius 1 is 1.39 bits per heavy atom. The number of carbonyl (C=O) groups is 2. The molecule has 1 aromatic carbocycles. The third kappa shape index (κ3) is 2.16. The SMILES string of the molecule is CN(C)C(=O)CN1c2ccccc2CC1C(=O)O. The summed E-state index contributed by atoms with van der Waals surface area (Å²) < 4.78 is 0. The first-order valence-corrected chi connectivity index (χ1v) is 5.78. The molecule has 1 amide bonds. The number of rotatable bonds is 3. The molecule has 2 rings (SSSR count). The molecule has 0 aliphatic carbocycles. The van der Waals surface area contributed by atoms with Crippen LogP contribution in [0.15, 0.2) is 24.3 Å². The first-order chi connectivity index (χ1) is 8.50. The fourth-order valence-electron chi connectivity index (χ4n) is 2.15. The number of carboxylic acids is 1. The summed E-state index contributed by atoms with van der Waals surface area (Å²) >= 11 is 0. The van der Waals surface area contributed by atoms with Crippen molar-refractivity contribution in [3.8, 4) is 0 Å². The molecule has 18 heavy (non-hydrogen) atoms. The zero-order valence-corrected chi connectivity index (χ0v) is 10.5. The highest BCUT2D eigenvalue weighted by Gasteiger charge is 2.35. The summed E-state index contributed by atoms with van der Waals surface area (Å²) in [5.74, 6) is -0.990. The van der Waals surface area contributed by atoms with Crippen LogP contribution >= 0.6 is 0 Å². The van der Waals surface area contributed by atoms with E-state index in [0.717, 1.165) is 11.3 Å². The van der Waals surface area contributed by atoms with Crippen LogP contribution in [-0.4, -0.2) is 48.6 Å². The second kappa shape index (κ2) is 4.68. The highest BCUT2D eigenvalue weighted by molar-refractivity contribution is 5.88. The van der Waals surface area contributed by atoms with E-state index in [1.54, 1.807) is 19.0 Å². The van der Waals surface area contributed by atoms with E-state index >= 15 is 0 Å². The van der Waals surface area contributed by atoms with E-state index in [1.165, 1.54) is 4.90 Å². The summed E-state index contributed by atoms with van der Waals surface area (Å²) in [6.45, 7) is 0.0982. The quantitative estimate of drug-likeness (QED) is 0.850. The Morgan fingerprint density at radius 2 is 2.06 bits per heavy atom. The lowest BCUT2D eigenvalue weighted by Gasteiger charge is -2.25. The van der Waals surface area contributed by atoms with E-state index in [0.29, 0.717) is 6.42 Å². The van der Waals surface area contributed by atoms with Crippen LogP contribution in [0.25, 0.3) is 0 Å². The van der Waals surface area contributed by atoms with Gasteiger partial charge in [0, 0.05) is 26.2 Å². The minimum atomic E-state index is -0.891. The summed E-state index contributed by atoms with van der Waals surface area (Å²) in [6.07, 6.45) is 0.451. The van der Waals surface area contributed by atoms with Crippen molar-refractivity contribution in [3.05, 3.63) is 29.8 Å². The van der Waals surface area contributed by atoms with Gasteiger partial charge in [0.15, 0.2) is 0 Å². The maximum Gasteiger partial charge on any atom is 0.326 e. The molecule has 1 unspecified atom stereocenters. The normalized spacial score (nSPS) is 17.4. The minimum absolute atomic E-state index is 0.0982. The molecule has 0 radical (unpaired) electrons. The average molecular weight is 248 g/mol. The van der Waals surface area contributed by atoms with Gasteiger partial charge in [-0.2, -0.15) is 0 Å². The van der Waals surface area contributed by atoms with Crippen LogP contribution < -0.4 is 4.90 Å². The lowest BCUT2D eigenvalue weighted by molar-refractivity contribution is -0.138. The van der Waals surface area contributed by atoms with Gasteiger partial charge < -0.3 is 14.9 Å². The van der Waals surface area contributed by atoms with Gasteiger partial charge in [0.2, 0.25) is 5.91 Å². The molecule has 5 heteroatoms. The van der Waals surface area contributed by atoms with Crippen molar-refractivity contribution in [3.63, 3.8) is 0 Å². The third-order valence-corrected chi connectivity index (χ3v) is 3.18. The Hall–Kier alpha value is -2.04. The highest BCUT2D eigenvalue weighted by atomic mass is 16.4. The van der Waals surface area contributed by atoms with Crippen LogP contribution in [0, 0.1) is 0 Å². The molecule has 1 aliphatic rings. The molecule has 0 spiro atoms. The molecule has 5 nitrogen and oxygen atoms in total. The fourth-order valence-corrected chi connectivity index (χ4v) is 2.15. The smallest absolute Gasteiger partial charge is 0.326 e. The molecular weight excluding hydrogens is 232 g/mol. The van der Waals surface area contributed by atoms with E-state index in [1.807, 2.05) is 24.3 Å². The molecule has 0 fully saturated rings. The number of nitrogens with zero attached hydrogens (tertiary/aromatic N) is 2. The van der Waals surface area contributed by atoms with Gasteiger partial charge in [-0.15, -0.1) is 0 Å². The largest absolute Gasteiger partial charge is 0.480 e. The van der Waals surface area contributed by atoms with Gasteiger partial charge in [-0.3, -0.25) is 4.79 Å². The van der Waals surface area contributed by atoms with Gasteiger partial charge >= 0.3 is 5.97 Å². The number of likely N-dealkylation sites (N-methyl/N-ethyl adjacent to an activating group) is 1. The van der Waals surface area contributed by atoms with Gasteiger partial charge in [-0.05, 0) is 11.6 Å². The lowest BCUT2D eigenvalue weighted by atomic mass is 10.1. The van der Waals surface area contributed by atoms with E-state index in [4.69, 9.17) is 0 Å². The summed E-state index contributed by atoms with van der Waals surface area (Å²) in [5, 5.41) is 9.24. The number of amides is 1. The molecule has 1 aliphatic heterocycles. The molecule has 0 saturated heterocycles. The molecule has 0 aromatic heterocycles. The van der Waals surface area contributed by atoms with E-state index in [2.05, 4.69) is 0 Å². The van der Waals surface area contributed by atoms with Crippen LogP contribution in [0.3, 0.4) is 0 Å². The number of fused-ring (bicyclic) bond motifs is 1. The van der Waals surface area contributed by atoms with Gasteiger partial charge in [-0.25, -0.2) is 4.79 Å². The zero-order chi connectivity index (χ0) is 13.3. The van der Waals surface area contributed by atoms with Crippen molar-refractivity contribution in [2.24, 2.45) is 0 Å². The predicted octanol–water partition coefficient (Wildman–Crippen LogP) is 0.590. The van der Waals surface area contributed by atoms with Crippen molar-refractivity contribution in [2.45, 2.75) is 12.5 Å². The Balaban J connectivity index is 2.29. The Kier molecular flexibility index (Phi) is 3.23. The van der Waals surface area contributed by atoms with Crippen LogP contribution in [0.2, 0.25) is 0 Å². The van der Waals surface area contributed by atoms with Crippen molar-refractivity contribution >= 4 is 17.6 Å². The van der Waals surface area contributed by atoms with Gasteiger partial charge in [0.25, 0.3) is 0 Å². The monoisotopic (exact) mass is 248 g/mol. The Bertz CT molecular complexity index is 485. The molecule has 1 N–H and O–H groups in total. The number of hydrogen-bond donors (Lipinski definition) is 1. The molecule has 1 aromatic rings. The third-order valence-electron chi connectivity index (χ3n) is 3.18. The molecule has 1 atom stereocenters. The topological polar surface area (TPSA) is 60.9 Å². The molecule has 0 bridgehead atoms. The molecule has 0 saturated carbocycles. The summed E-state index contributed by atoms with van der Waals surface area (Å²) in [6, 6.07) is 6.86. The second-order valence-corrected chi connectivity index (χ2v) is 4.60. The first-order valence-electron chi connectivity index (χ1n) is 5.78. The highest BCUT2D eigenvalue weighted by Crippen LogP contribution is 2.31. The predicted molar refractivity (Wildman–Crippen MR) is 67.6 cm³/mol. The zero-order valence-electron chi connectivity index (χ0n) is 10.5. The van der Waals surface area contributed by atoms with Crippen molar-refractivity contribution in [2.75, 3.05) is 25.5 Å². The minimum Gasteiger partial charge on any atom is -0.480 e. The number of carbonyl (C=O) groups excluding carboxylic acids is 1. The maximum atomic E-state index is 11.8. The van der Waals surface area contributed by atoms with Gasteiger partial charge in [0.05, 0.1) is 6.54 Å². The van der Waals surface area contributed by atoms with E-state index < -0.39 is 12.0 Å². The number of carboxylic acid groups (broad SMARTS) is 1. The molecule has 96 valence electrons. The fraction of sp³-hybridized carbons (Fsp3) is 0.385.